The Balaban J connectivity index is 2.10. The van der Waals surface area contributed by atoms with E-state index >= 15 is 0 Å². The first-order chi connectivity index (χ1) is 7.20. The number of hydrogen-bond acceptors (Lipinski definition) is 3. The summed E-state index contributed by atoms with van der Waals surface area (Å²) in [6, 6.07) is 7.86. The number of rotatable bonds is 2. The molecule has 0 aromatic heterocycles. The second-order valence-electron chi connectivity index (χ2n) is 4.43. The number of hydrogen-bond donors (Lipinski definition) is 2. The highest BCUT2D eigenvalue weighted by atomic mass is 16.5. The third-order valence-electron chi connectivity index (χ3n) is 2.84. The highest BCUT2D eigenvalue weighted by molar-refractivity contribution is 5.66. The summed E-state index contributed by atoms with van der Waals surface area (Å²) in [6.45, 7) is 3.81. The molecule has 15 heavy (non-hydrogen) atoms. The van der Waals surface area contributed by atoms with E-state index in [1.165, 1.54) is 0 Å². The molecule has 1 aromatic carbocycles. The fourth-order valence-electron chi connectivity index (χ4n) is 1.97. The van der Waals surface area contributed by atoms with Crippen molar-refractivity contribution in [3.05, 3.63) is 24.3 Å². The number of anilines is 2. The third kappa shape index (κ3) is 2.42. The first-order valence-corrected chi connectivity index (χ1v) is 5.40. The molecule has 3 N–H and O–H groups in total. The third-order valence-corrected chi connectivity index (χ3v) is 2.84. The number of nitrogen functional groups attached to an aromatic ring is 1. The van der Waals surface area contributed by atoms with Crippen molar-refractivity contribution in [3.63, 3.8) is 0 Å². The van der Waals surface area contributed by atoms with Crippen LogP contribution < -0.4 is 11.1 Å². The van der Waals surface area contributed by atoms with Crippen molar-refractivity contribution in [2.75, 3.05) is 24.3 Å². The number of nitrogens with two attached hydrogens (primary N) is 1. The maximum Gasteiger partial charge on any atom is 0.0693 e. The lowest BCUT2D eigenvalue weighted by atomic mass is 9.94. The largest absolute Gasteiger partial charge is 0.397 e. The van der Waals surface area contributed by atoms with E-state index < -0.39 is 0 Å². The molecule has 3 nitrogen and oxygen atoms in total. The van der Waals surface area contributed by atoms with Gasteiger partial charge in [-0.25, -0.2) is 0 Å². The number of para-hydroxylation sites is 2. The van der Waals surface area contributed by atoms with Crippen LogP contribution in [0.1, 0.15) is 19.8 Å². The lowest BCUT2D eigenvalue weighted by Crippen LogP contribution is -2.43. The predicted octanol–water partition coefficient (Wildman–Crippen LogP) is 2.25. The van der Waals surface area contributed by atoms with Crippen molar-refractivity contribution in [1.82, 2.24) is 0 Å². The molecular formula is C12H18N2O. The van der Waals surface area contributed by atoms with Gasteiger partial charge in [-0.05, 0) is 31.9 Å². The van der Waals surface area contributed by atoms with Crippen molar-refractivity contribution in [2.24, 2.45) is 0 Å². The molecule has 2 rings (SSSR count). The van der Waals surface area contributed by atoms with Gasteiger partial charge in [0.05, 0.1) is 23.5 Å². The number of benzene rings is 1. The van der Waals surface area contributed by atoms with Crippen molar-refractivity contribution in [1.29, 1.82) is 0 Å². The minimum absolute atomic E-state index is 0.0216. The Morgan fingerprint density at radius 3 is 2.87 bits per heavy atom. The summed E-state index contributed by atoms with van der Waals surface area (Å²) in [6.07, 6.45) is 2.23. The van der Waals surface area contributed by atoms with E-state index in [4.69, 9.17) is 10.5 Å². The second-order valence-corrected chi connectivity index (χ2v) is 4.43. The molecule has 1 aliphatic heterocycles. The number of ether oxygens (including phenoxy) is 1. The highest BCUT2D eigenvalue weighted by Crippen LogP contribution is 2.27. The van der Waals surface area contributed by atoms with Crippen LogP contribution in [0.2, 0.25) is 0 Å². The van der Waals surface area contributed by atoms with Crippen LogP contribution in [0, 0.1) is 0 Å². The van der Waals surface area contributed by atoms with Crippen LogP contribution in [0.4, 0.5) is 11.4 Å². The average molecular weight is 206 g/mol. The molecule has 0 amide bonds. The van der Waals surface area contributed by atoms with Crippen molar-refractivity contribution < 1.29 is 4.74 Å². The average Bonchev–Trinajstić information content (AvgIpc) is 2.22. The van der Waals surface area contributed by atoms with Crippen LogP contribution in [0.3, 0.4) is 0 Å². The maximum atomic E-state index is 5.89. The highest BCUT2D eigenvalue weighted by Gasteiger charge is 2.27. The van der Waals surface area contributed by atoms with Gasteiger partial charge in [-0.3, -0.25) is 0 Å². The zero-order valence-corrected chi connectivity index (χ0v) is 9.12. The van der Waals surface area contributed by atoms with Gasteiger partial charge in [0.15, 0.2) is 0 Å². The van der Waals surface area contributed by atoms with Gasteiger partial charge in [0.1, 0.15) is 0 Å². The summed E-state index contributed by atoms with van der Waals surface area (Å²) in [5.41, 5.74) is 7.72. The molecule has 82 valence electrons. The smallest absolute Gasteiger partial charge is 0.0693 e. The Bertz CT molecular complexity index is 332. The molecule has 0 spiro atoms. The number of nitrogens with one attached hydrogen (secondary N) is 1. The normalized spacial score (nSPS) is 26.2. The summed E-state index contributed by atoms with van der Waals surface area (Å²) in [5, 5.41) is 3.48. The minimum atomic E-state index is 0.0216. The SMILES string of the molecule is CC1(Nc2ccccc2N)CCCOC1. The summed E-state index contributed by atoms with van der Waals surface area (Å²) in [5.74, 6) is 0. The van der Waals surface area contributed by atoms with Crippen LogP contribution in [0.25, 0.3) is 0 Å². The standard InChI is InChI=1S/C12H18N2O/c1-12(7-4-8-15-9-12)14-11-6-3-2-5-10(11)13/h2-3,5-6,14H,4,7-9,13H2,1H3. The van der Waals surface area contributed by atoms with Gasteiger partial charge in [0.25, 0.3) is 0 Å². The van der Waals surface area contributed by atoms with E-state index in [1.807, 2.05) is 24.3 Å². The van der Waals surface area contributed by atoms with Gasteiger partial charge >= 0.3 is 0 Å². The summed E-state index contributed by atoms with van der Waals surface area (Å²) in [7, 11) is 0. The van der Waals surface area contributed by atoms with Crippen LogP contribution in [0.5, 0.6) is 0 Å². The molecule has 1 aliphatic rings. The van der Waals surface area contributed by atoms with Gasteiger partial charge in [-0.2, -0.15) is 0 Å². The van der Waals surface area contributed by atoms with Crippen LogP contribution >= 0.6 is 0 Å². The fraction of sp³-hybridized carbons (Fsp3) is 0.500. The van der Waals surface area contributed by atoms with E-state index in [0.29, 0.717) is 0 Å². The van der Waals surface area contributed by atoms with Gasteiger partial charge in [0, 0.05) is 6.61 Å². The van der Waals surface area contributed by atoms with E-state index in [0.717, 1.165) is 37.4 Å². The van der Waals surface area contributed by atoms with Crippen LogP contribution in [0.15, 0.2) is 24.3 Å². The molecule has 1 fully saturated rings. The van der Waals surface area contributed by atoms with E-state index in [1.54, 1.807) is 0 Å². The molecule has 0 saturated carbocycles. The van der Waals surface area contributed by atoms with Crippen LogP contribution in [-0.2, 0) is 4.74 Å². The predicted molar refractivity (Wildman–Crippen MR) is 62.9 cm³/mol. The molecule has 1 aromatic rings. The first-order valence-electron chi connectivity index (χ1n) is 5.40. The van der Waals surface area contributed by atoms with Gasteiger partial charge in [0.2, 0.25) is 0 Å². The molecule has 1 heterocycles. The van der Waals surface area contributed by atoms with Crippen molar-refractivity contribution in [2.45, 2.75) is 25.3 Å². The topological polar surface area (TPSA) is 47.3 Å². The van der Waals surface area contributed by atoms with E-state index in [2.05, 4.69) is 12.2 Å². The summed E-state index contributed by atoms with van der Waals surface area (Å²) < 4.78 is 5.49. The second kappa shape index (κ2) is 4.11. The van der Waals surface area contributed by atoms with Crippen LogP contribution in [-0.4, -0.2) is 18.8 Å². The molecule has 0 aliphatic carbocycles. The van der Waals surface area contributed by atoms with Gasteiger partial charge in [-0.1, -0.05) is 12.1 Å². The van der Waals surface area contributed by atoms with Crippen molar-refractivity contribution >= 4 is 11.4 Å². The Morgan fingerprint density at radius 1 is 1.40 bits per heavy atom. The van der Waals surface area contributed by atoms with Crippen molar-refractivity contribution in [3.8, 4) is 0 Å². The molecule has 0 bridgehead atoms. The Morgan fingerprint density at radius 2 is 2.20 bits per heavy atom. The molecular weight excluding hydrogens is 188 g/mol. The monoisotopic (exact) mass is 206 g/mol. The Kier molecular flexibility index (Phi) is 2.82. The Hall–Kier alpha value is -1.22. The quantitative estimate of drug-likeness (QED) is 0.730. The first kappa shape index (κ1) is 10.3. The molecule has 1 atom stereocenters. The Labute approximate surface area is 90.6 Å². The zero-order valence-electron chi connectivity index (χ0n) is 9.12. The fourth-order valence-corrected chi connectivity index (χ4v) is 1.97. The minimum Gasteiger partial charge on any atom is -0.397 e. The van der Waals surface area contributed by atoms with Gasteiger partial charge < -0.3 is 15.8 Å². The molecule has 1 unspecified atom stereocenters. The molecule has 3 heteroatoms. The maximum absolute atomic E-state index is 5.89. The summed E-state index contributed by atoms with van der Waals surface area (Å²) in [4.78, 5) is 0. The van der Waals surface area contributed by atoms with E-state index in [-0.39, 0.29) is 5.54 Å². The molecule has 0 radical (unpaired) electrons. The zero-order chi connectivity index (χ0) is 10.7. The lowest BCUT2D eigenvalue weighted by Gasteiger charge is -2.35. The lowest BCUT2D eigenvalue weighted by molar-refractivity contribution is 0.0540. The van der Waals surface area contributed by atoms with E-state index in [9.17, 15) is 0 Å². The van der Waals surface area contributed by atoms with Gasteiger partial charge in [-0.15, -0.1) is 0 Å². The molecule has 1 saturated heterocycles. The summed E-state index contributed by atoms with van der Waals surface area (Å²) >= 11 is 0.